The van der Waals surface area contributed by atoms with Crippen LogP contribution in [0.5, 0.6) is 0 Å². The number of hydrogen-bond acceptors (Lipinski definition) is 6. The van der Waals surface area contributed by atoms with Gasteiger partial charge in [0.1, 0.15) is 17.2 Å². The number of carbonyl (C=O) groups excluding carboxylic acids is 2. The van der Waals surface area contributed by atoms with Crippen LogP contribution in [-0.2, 0) is 16.6 Å². The molecule has 0 aliphatic carbocycles. The van der Waals surface area contributed by atoms with E-state index in [1.165, 1.54) is 27.8 Å². The van der Waals surface area contributed by atoms with Crippen molar-refractivity contribution in [2.75, 3.05) is 10.7 Å². The maximum Gasteiger partial charge on any atom is 0.296 e. The van der Waals surface area contributed by atoms with E-state index < -0.39 is 0 Å². The number of nitrogens with zero attached hydrogens (tertiary/aromatic N) is 4. The fourth-order valence-corrected chi connectivity index (χ4v) is 5.08. The van der Waals surface area contributed by atoms with Gasteiger partial charge in [-0.15, -0.1) is 11.3 Å². The molecule has 0 N–H and O–H groups in total. The van der Waals surface area contributed by atoms with Crippen LogP contribution in [0.3, 0.4) is 0 Å². The van der Waals surface area contributed by atoms with Crippen molar-refractivity contribution in [3.8, 4) is 5.69 Å². The van der Waals surface area contributed by atoms with Crippen LogP contribution in [-0.4, -0.2) is 32.0 Å². The number of benzene rings is 1. The quantitative estimate of drug-likeness (QED) is 0.534. The lowest BCUT2D eigenvalue weighted by atomic mass is 10.2. The first-order chi connectivity index (χ1) is 15.3. The van der Waals surface area contributed by atoms with Crippen molar-refractivity contribution in [3.05, 3.63) is 74.0 Å². The summed E-state index contributed by atoms with van der Waals surface area (Å²) < 4.78 is 3.25. The standard InChI is InChI=1S/C23H22N4O3S2/c1-14-10-11-31-19(14)12-18-21(29)26(23(24-18)32-13-15(2)28)20-16(3)25(4)27(22(20)30)17-8-6-5-7-9-17/h5-12H,13H2,1-4H3/b18-12-. The molecule has 0 atom stereocenters. The van der Waals surface area contributed by atoms with Gasteiger partial charge in [0, 0.05) is 11.9 Å². The molecule has 0 unspecified atom stereocenters. The number of carbonyl (C=O) groups is 2. The van der Waals surface area contributed by atoms with Crippen molar-refractivity contribution in [2.45, 2.75) is 20.8 Å². The lowest BCUT2D eigenvalue weighted by Gasteiger charge is -2.15. The van der Waals surface area contributed by atoms with Gasteiger partial charge < -0.3 is 0 Å². The predicted octanol–water partition coefficient (Wildman–Crippen LogP) is 3.92. The molecule has 4 rings (SSSR count). The zero-order chi connectivity index (χ0) is 23.0. The summed E-state index contributed by atoms with van der Waals surface area (Å²) in [7, 11) is 1.78. The molecule has 1 aliphatic rings. The monoisotopic (exact) mass is 466 g/mol. The highest BCUT2D eigenvalue weighted by molar-refractivity contribution is 8.14. The van der Waals surface area contributed by atoms with E-state index in [0.717, 1.165) is 22.2 Å². The number of rotatable bonds is 5. The Morgan fingerprint density at radius 2 is 1.88 bits per heavy atom. The zero-order valence-electron chi connectivity index (χ0n) is 18.2. The first kappa shape index (κ1) is 22.0. The maximum absolute atomic E-state index is 13.5. The van der Waals surface area contributed by atoms with E-state index in [1.54, 1.807) is 24.7 Å². The Morgan fingerprint density at radius 3 is 2.50 bits per heavy atom. The molecule has 0 saturated carbocycles. The van der Waals surface area contributed by atoms with E-state index in [0.29, 0.717) is 16.5 Å². The van der Waals surface area contributed by atoms with Gasteiger partial charge in [0.15, 0.2) is 5.17 Å². The first-order valence-corrected chi connectivity index (χ1v) is 11.8. The molecule has 0 fully saturated rings. The summed E-state index contributed by atoms with van der Waals surface area (Å²) in [6.45, 7) is 5.24. The summed E-state index contributed by atoms with van der Waals surface area (Å²) in [6.07, 6.45) is 1.74. The summed E-state index contributed by atoms with van der Waals surface area (Å²) in [5.41, 5.74) is 2.52. The lowest BCUT2D eigenvalue weighted by molar-refractivity contribution is -0.115. The SMILES string of the molecule is CC(=O)CSC1=N/C(=C\c2sccc2C)C(=O)N1c1c(C)n(C)n(-c2ccccc2)c1=O. The van der Waals surface area contributed by atoms with Gasteiger partial charge in [-0.2, -0.15) is 0 Å². The third-order valence-electron chi connectivity index (χ3n) is 5.15. The van der Waals surface area contributed by atoms with Gasteiger partial charge in [-0.3, -0.25) is 19.1 Å². The van der Waals surface area contributed by atoms with E-state index in [9.17, 15) is 14.4 Å². The second-order valence-electron chi connectivity index (χ2n) is 7.43. The molecule has 0 spiro atoms. The molecule has 0 bridgehead atoms. The van der Waals surface area contributed by atoms with Crippen molar-refractivity contribution >= 4 is 51.7 Å². The maximum atomic E-state index is 13.5. The van der Waals surface area contributed by atoms with Crippen LogP contribution in [0.1, 0.15) is 23.1 Å². The average Bonchev–Trinajstić information content (AvgIpc) is 3.37. The fourth-order valence-electron chi connectivity index (χ4n) is 3.42. The molecule has 1 aromatic carbocycles. The highest BCUT2D eigenvalue weighted by Gasteiger charge is 2.37. The lowest BCUT2D eigenvalue weighted by Crippen LogP contribution is -2.35. The molecule has 1 aliphatic heterocycles. The highest BCUT2D eigenvalue weighted by Crippen LogP contribution is 2.31. The number of amidine groups is 1. The van der Waals surface area contributed by atoms with Crippen LogP contribution in [0.25, 0.3) is 11.8 Å². The minimum Gasteiger partial charge on any atom is -0.299 e. The van der Waals surface area contributed by atoms with Gasteiger partial charge in [0.2, 0.25) is 0 Å². The Balaban J connectivity index is 1.85. The summed E-state index contributed by atoms with van der Waals surface area (Å²) in [5.74, 6) is -0.259. The zero-order valence-corrected chi connectivity index (χ0v) is 19.8. The Hall–Kier alpha value is -3.17. The van der Waals surface area contributed by atoms with Gasteiger partial charge in [-0.1, -0.05) is 30.0 Å². The van der Waals surface area contributed by atoms with Gasteiger partial charge in [0.05, 0.1) is 17.1 Å². The summed E-state index contributed by atoms with van der Waals surface area (Å²) in [4.78, 5) is 45.4. The van der Waals surface area contributed by atoms with Crippen molar-refractivity contribution < 1.29 is 9.59 Å². The van der Waals surface area contributed by atoms with Gasteiger partial charge >= 0.3 is 0 Å². The number of Topliss-reactive ketones (excluding diaryl/α,β-unsaturated/α-hetero) is 1. The molecule has 0 radical (unpaired) electrons. The molecule has 7 nitrogen and oxygen atoms in total. The van der Waals surface area contributed by atoms with Gasteiger partial charge in [-0.25, -0.2) is 14.6 Å². The number of amides is 1. The number of aromatic nitrogens is 2. The Labute approximate surface area is 193 Å². The first-order valence-electron chi connectivity index (χ1n) is 9.94. The Kier molecular flexibility index (Phi) is 6.03. The van der Waals surface area contributed by atoms with Crippen molar-refractivity contribution in [1.82, 2.24) is 9.36 Å². The van der Waals surface area contributed by atoms with E-state index in [-0.39, 0.29) is 34.4 Å². The van der Waals surface area contributed by atoms with Gasteiger partial charge in [-0.05, 0) is 56.0 Å². The topological polar surface area (TPSA) is 76.7 Å². The Morgan fingerprint density at radius 1 is 1.16 bits per heavy atom. The fraction of sp³-hybridized carbons (Fsp3) is 0.217. The number of aliphatic imine (C=N–C) groups is 1. The largest absolute Gasteiger partial charge is 0.299 e. The second kappa shape index (κ2) is 8.76. The van der Waals surface area contributed by atoms with Crippen LogP contribution in [0.15, 0.2) is 57.3 Å². The summed E-state index contributed by atoms with van der Waals surface area (Å²) in [5, 5.41) is 2.28. The molecule has 3 aromatic rings. The van der Waals surface area contributed by atoms with E-state index in [1.807, 2.05) is 48.7 Å². The average molecular weight is 467 g/mol. The van der Waals surface area contributed by atoms with Crippen LogP contribution >= 0.6 is 23.1 Å². The summed E-state index contributed by atoms with van der Waals surface area (Å²) in [6, 6.07) is 11.2. The van der Waals surface area contributed by atoms with Crippen LogP contribution < -0.4 is 10.5 Å². The highest BCUT2D eigenvalue weighted by atomic mass is 32.2. The van der Waals surface area contributed by atoms with Crippen molar-refractivity contribution in [2.24, 2.45) is 12.0 Å². The van der Waals surface area contributed by atoms with Crippen LogP contribution in [0.2, 0.25) is 0 Å². The second-order valence-corrected chi connectivity index (χ2v) is 9.32. The van der Waals surface area contributed by atoms with Crippen LogP contribution in [0, 0.1) is 13.8 Å². The van der Waals surface area contributed by atoms with Crippen LogP contribution in [0.4, 0.5) is 5.69 Å². The number of thiophene rings is 1. The van der Waals surface area contributed by atoms with Crippen molar-refractivity contribution in [3.63, 3.8) is 0 Å². The predicted molar refractivity (Wildman–Crippen MR) is 131 cm³/mol. The van der Waals surface area contributed by atoms with E-state index in [2.05, 4.69) is 4.99 Å². The number of aryl methyl sites for hydroxylation is 1. The molecule has 32 heavy (non-hydrogen) atoms. The Bertz CT molecular complexity index is 1330. The number of thioether (sulfide) groups is 1. The number of ketones is 1. The van der Waals surface area contributed by atoms with Gasteiger partial charge in [0.25, 0.3) is 11.5 Å². The molecule has 3 heterocycles. The summed E-state index contributed by atoms with van der Waals surface area (Å²) >= 11 is 2.68. The third kappa shape index (κ3) is 3.89. The normalized spacial score (nSPS) is 15.0. The molecule has 1 amide bonds. The van der Waals surface area contributed by atoms with E-state index in [4.69, 9.17) is 0 Å². The smallest absolute Gasteiger partial charge is 0.296 e. The molecule has 0 saturated heterocycles. The molecule has 9 heteroatoms. The number of anilines is 1. The van der Waals surface area contributed by atoms with E-state index >= 15 is 0 Å². The minimum absolute atomic E-state index is 0.0388. The molecule has 2 aromatic heterocycles. The minimum atomic E-state index is -0.380. The molecular weight excluding hydrogens is 444 g/mol. The molecular formula is C23H22N4O3S2. The third-order valence-corrected chi connectivity index (χ3v) is 7.20. The number of hydrogen-bond donors (Lipinski definition) is 0. The number of para-hydroxylation sites is 1. The van der Waals surface area contributed by atoms with Crippen molar-refractivity contribution in [1.29, 1.82) is 0 Å². The molecule has 164 valence electrons.